The third-order valence-corrected chi connectivity index (χ3v) is 12.7. The highest BCUT2D eigenvalue weighted by Gasteiger charge is 2.51. The first-order valence-corrected chi connectivity index (χ1v) is 17.9. The van der Waals surface area contributed by atoms with Crippen LogP contribution in [0, 0.1) is 11.8 Å². The van der Waals surface area contributed by atoms with Gasteiger partial charge in [0, 0.05) is 37.5 Å². The average Bonchev–Trinajstić information content (AvgIpc) is 3.14. The van der Waals surface area contributed by atoms with Crippen LogP contribution in [0.3, 0.4) is 0 Å². The monoisotopic (exact) mass is 686 g/mol. The lowest BCUT2D eigenvalue weighted by Crippen LogP contribution is -2.61. The molecule has 4 bridgehead atoms. The molecule has 6 fully saturated rings. The minimum absolute atomic E-state index is 0.0204. The number of carboxylic acids is 2. The van der Waals surface area contributed by atoms with Crippen molar-refractivity contribution < 1.29 is 47.7 Å². The summed E-state index contributed by atoms with van der Waals surface area (Å²) in [6, 6.07) is 15.3. The molecule has 0 saturated carbocycles. The molecule has 3 aromatic rings. The van der Waals surface area contributed by atoms with Crippen molar-refractivity contribution >= 4 is 11.9 Å². The zero-order valence-electron chi connectivity index (χ0n) is 29.7. The Kier molecular flexibility index (Phi) is 9.19. The summed E-state index contributed by atoms with van der Waals surface area (Å²) < 4.78 is 24.2. The summed E-state index contributed by atoms with van der Waals surface area (Å²) >= 11 is 0. The van der Waals surface area contributed by atoms with Gasteiger partial charge in [-0.05, 0) is 65.4 Å². The zero-order valence-corrected chi connectivity index (χ0v) is 29.7. The van der Waals surface area contributed by atoms with Crippen LogP contribution in [0.5, 0.6) is 23.0 Å². The number of piperidine rings is 6. The van der Waals surface area contributed by atoms with Gasteiger partial charge in [-0.3, -0.25) is 0 Å². The zero-order chi connectivity index (χ0) is 35.2. The lowest BCUT2D eigenvalue weighted by molar-refractivity contribution is -0.956. The minimum atomic E-state index is -1.06. The van der Waals surface area contributed by atoms with Crippen molar-refractivity contribution in [1.29, 1.82) is 0 Å². The second-order valence-electron chi connectivity index (χ2n) is 15.1. The molecule has 0 radical (unpaired) electrons. The number of hydrogen-bond donors (Lipinski definition) is 2. The maximum Gasteiger partial charge on any atom is 0.336 e. The van der Waals surface area contributed by atoms with E-state index in [0.29, 0.717) is 24.6 Å². The maximum atomic E-state index is 13.5. The summed E-state index contributed by atoms with van der Waals surface area (Å²) in [7, 11) is 6.69. The highest BCUT2D eigenvalue weighted by atomic mass is 16.5. The summed E-state index contributed by atoms with van der Waals surface area (Å²) in [6.07, 6.45) is 3.85. The number of nitrogens with zero attached hydrogens (tertiary/aromatic N) is 2. The fraction of sp³-hybridized carbons (Fsp3) is 0.500. The Morgan fingerprint density at radius 1 is 0.640 bits per heavy atom. The topological polar surface area (TPSA) is 112 Å². The van der Waals surface area contributed by atoms with Crippen LogP contribution >= 0.6 is 0 Å². The molecule has 2 atom stereocenters. The van der Waals surface area contributed by atoms with Gasteiger partial charge >= 0.3 is 11.9 Å². The van der Waals surface area contributed by atoms with Gasteiger partial charge < -0.3 is 38.1 Å². The van der Waals surface area contributed by atoms with Crippen LogP contribution in [0.15, 0.2) is 48.5 Å². The molecule has 6 heterocycles. The molecular weight excluding hydrogens is 636 g/mol. The molecule has 2 N–H and O–H groups in total. The van der Waals surface area contributed by atoms with Gasteiger partial charge in [-0.1, -0.05) is 6.07 Å². The van der Waals surface area contributed by atoms with Crippen LogP contribution in [0.2, 0.25) is 0 Å². The van der Waals surface area contributed by atoms with Gasteiger partial charge in [-0.15, -0.1) is 0 Å². The maximum absolute atomic E-state index is 13.5. The second-order valence-corrected chi connectivity index (χ2v) is 15.1. The van der Waals surface area contributed by atoms with E-state index in [1.807, 2.05) is 36.4 Å². The van der Waals surface area contributed by atoms with Gasteiger partial charge in [0.1, 0.15) is 36.1 Å². The van der Waals surface area contributed by atoms with Crippen LogP contribution in [-0.2, 0) is 13.1 Å². The Morgan fingerprint density at radius 3 is 1.56 bits per heavy atom. The Bertz CT molecular complexity index is 1770. The van der Waals surface area contributed by atoms with E-state index >= 15 is 0 Å². The molecule has 6 saturated heterocycles. The first-order valence-electron chi connectivity index (χ1n) is 17.9. The Balaban J connectivity index is 1.26. The van der Waals surface area contributed by atoms with Crippen molar-refractivity contribution in [2.24, 2.45) is 11.8 Å². The SMILES string of the molecule is COc1ccc(OC)c(C[N+]23CCC(CC2)C(c2ccc(C(=O)O)c(C4C[N+]5(Cc6cc(OC)ccc6OC)CCC4CC5)c2C(=O)O)C3)c1. The standard InChI is InChI=1S/C40H48N2O8/c1-47-29-5-9-35(49-3)27(19-29)21-41-15-11-25(12-16-41)33(23-41)31-7-8-32(39(43)44)37(38(31)40(45)46)34-24-42(17-13-26(34)14-18-42)22-28-20-30(48-2)6-10-36(28)50-4/h5-10,19-20,25-26,33-34H,11-18,21-24H2,1-4H3/p+2. The summed E-state index contributed by atoms with van der Waals surface area (Å²) in [5, 5.41) is 21.6. The Hall–Kier alpha value is -4.28. The number of hydrogen-bond acceptors (Lipinski definition) is 6. The molecule has 6 aliphatic heterocycles. The van der Waals surface area contributed by atoms with Crippen molar-refractivity contribution in [2.45, 2.75) is 50.6 Å². The number of fused-ring (bicyclic) bond motifs is 6. The van der Waals surface area contributed by atoms with E-state index in [0.717, 1.165) is 114 Å². The van der Waals surface area contributed by atoms with E-state index in [1.54, 1.807) is 34.5 Å². The molecule has 0 amide bonds. The van der Waals surface area contributed by atoms with Gasteiger partial charge in [0.05, 0.1) is 90.0 Å². The summed E-state index contributed by atoms with van der Waals surface area (Å²) in [4.78, 5) is 26.4. The van der Waals surface area contributed by atoms with Crippen LogP contribution in [-0.4, -0.2) is 98.8 Å². The van der Waals surface area contributed by atoms with E-state index < -0.39 is 11.9 Å². The molecule has 9 rings (SSSR count). The third-order valence-electron chi connectivity index (χ3n) is 12.7. The number of quaternary nitrogens is 2. The molecule has 0 aromatic heterocycles. The fourth-order valence-corrected chi connectivity index (χ4v) is 10.2. The van der Waals surface area contributed by atoms with E-state index in [1.165, 1.54) is 0 Å². The lowest BCUT2D eigenvalue weighted by atomic mass is 9.68. The van der Waals surface area contributed by atoms with Gasteiger partial charge in [0.2, 0.25) is 0 Å². The Morgan fingerprint density at radius 2 is 1.12 bits per heavy atom. The van der Waals surface area contributed by atoms with Gasteiger partial charge in [-0.25, -0.2) is 9.59 Å². The van der Waals surface area contributed by atoms with E-state index in [-0.39, 0.29) is 28.9 Å². The molecule has 6 aliphatic rings. The molecule has 50 heavy (non-hydrogen) atoms. The molecule has 10 heteroatoms. The van der Waals surface area contributed by atoms with E-state index in [2.05, 4.69) is 6.07 Å². The highest BCUT2D eigenvalue weighted by Crippen LogP contribution is 2.50. The van der Waals surface area contributed by atoms with Crippen molar-refractivity contribution in [3.63, 3.8) is 0 Å². The van der Waals surface area contributed by atoms with Crippen LogP contribution in [0.4, 0.5) is 0 Å². The van der Waals surface area contributed by atoms with E-state index in [9.17, 15) is 19.8 Å². The molecule has 266 valence electrons. The van der Waals surface area contributed by atoms with E-state index in [4.69, 9.17) is 18.9 Å². The summed E-state index contributed by atoms with van der Waals surface area (Å²) in [6.45, 7) is 6.94. The number of aromatic carboxylic acids is 2. The molecule has 0 aliphatic carbocycles. The smallest absolute Gasteiger partial charge is 0.336 e. The molecule has 2 unspecified atom stereocenters. The predicted octanol–water partition coefficient (Wildman–Crippen LogP) is 6.17. The van der Waals surface area contributed by atoms with Crippen molar-refractivity contribution in [3.8, 4) is 23.0 Å². The quantitative estimate of drug-likeness (QED) is 0.218. The molecular formula is C40H50N2O8+2. The number of rotatable bonds is 12. The van der Waals surface area contributed by atoms with Gasteiger partial charge in [0.15, 0.2) is 0 Å². The molecule has 0 spiro atoms. The van der Waals surface area contributed by atoms with Crippen LogP contribution < -0.4 is 18.9 Å². The summed E-state index contributed by atoms with van der Waals surface area (Å²) in [5.41, 5.74) is 3.83. The highest BCUT2D eigenvalue weighted by molar-refractivity contribution is 5.98. The Labute approximate surface area is 294 Å². The second kappa shape index (κ2) is 13.5. The normalized spacial score (nSPS) is 28.2. The van der Waals surface area contributed by atoms with Crippen LogP contribution in [0.1, 0.15) is 80.5 Å². The van der Waals surface area contributed by atoms with Gasteiger partial charge in [-0.2, -0.15) is 0 Å². The largest absolute Gasteiger partial charge is 0.497 e. The predicted molar refractivity (Wildman–Crippen MR) is 188 cm³/mol. The number of carboxylic acid groups (broad SMARTS) is 2. The molecule has 3 aromatic carbocycles. The average molecular weight is 687 g/mol. The summed E-state index contributed by atoms with van der Waals surface area (Å²) in [5.74, 6) is 1.53. The minimum Gasteiger partial charge on any atom is -0.497 e. The van der Waals surface area contributed by atoms with Gasteiger partial charge in [0.25, 0.3) is 0 Å². The number of ether oxygens (including phenoxy) is 4. The lowest BCUT2D eigenvalue weighted by Gasteiger charge is -2.54. The fourth-order valence-electron chi connectivity index (χ4n) is 10.2. The first kappa shape index (κ1) is 34.2. The molecule has 10 nitrogen and oxygen atoms in total. The van der Waals surface area contributed by atoms with Crippen LogP contribution in [0.25, 0.3) is 0 Å². The van der Waals surface area contributed by atoms with Crippen molar-refractivity contribution in [3.05, 3.63) is 81.9 Å². The number of carbonyl (C=O) groups is 2. The third kappa shape index (κ3) is 6.06. The first-order chi connectivity index (χ1) is 24.1. The van der Waals surface area contributed by atoms with Crippen molar-refractivity contribution in [2.75, 3.05) is 67.7 Å². The van der Waals surface area contributed by atoms with Crippen molar-refractivity contribution in [1.82, 2.24) is 0 Å². The number of benzene rings is 3. The number of methoxy groups -OCH3 is 4.